The molecule has 0 aliphatic heterocycles. The van der Waals surface area contributed by atoms with Crippen LogP contribution in [-0.4, -0.2) is 36.8 Å². The standard InChI is InChI=1S/C22H34N2O4/c1-21(2,3)28-20(26)24-22(13-9-5-6-10-14-22)16-23-19(25)18-12-8-7-11-17(18)15-27-4/h7-8,11-12H,5-6,9-10,13-16H2,1-4H3,(H,23,25)(H,24,26). The first kappa shape index (κ1) is 22.2. The average molecular weight is 391 g/mol. The van der Waals surface area contributed by atoms with E-state index in [1.807, 2.05) is 39.0 Å². The summed E-state index contributed by atoms with van der Waals surface area (Å²) >= 11 is 0. The summed E-state index contributed by atoms with van der Waals surface area (Å²) in [6.45, 7) is 6.31. The van der Waals surface area contributed by atoms with Gasteiger partial charge in [0, 0.05) is 19.2 Å². The number of carbonyl (C=O) groups is 2. The third-order valence-electron chi connectivity index (χ3n) is 4.98. The molecule has 1 aliphatic carbocycles. The minimum Gasteiger partial charge on any atom is -0.444 e. The Balaban J connectivity index is 2.10. The molecule has 0 bridgehead atoms. The predicted molar refractivity (Wildman–Crippen MR) is 109 cm³/mol. The van der Waals surface area contributed by atoms with Gasteiger partial charge in [0.15, 0.2) is 0 Å². The molecular weight excluding hydrogens is 356 g/mol. The molecule has 2 amide bonds. The summed E-state index contributed by atoms with van der Waals surface area (Å²) in [7, 11) is 1.61. The van der Waals surface area contributed by atoms with Gasteiger partial charge in [-0.1, -0.05) is 43.9 Å². The number of nitrogens with one attached hydrogen (secondary N) is 2. The number of hydrogen-bond acceptors (Lipinski definition) is 4. The predicted octanol–water partition coefficient (Wildman–Crippen LogP) is 4.18. The van der Waals surface area contributed by atoms with Crippen molar-refractivity contribution in [1.82, 2.24) is 10.6 Å². The monoisotopic (exact) mass is 390 g/mol. The van der Waals surface area contributed by atoms with Crippen molar-refractivity contribution < 1.29 is 19.1 Å². The fourth-order valence-electron chi connectivity index (χ4n) is 3.64. The highest BCUT2D eigenvalue weighted by Gasteiger charge is 2.34. The van der Waals surface area contributed by atoms with Crippen molar-refractivity contribution in [2.75, 3.05) is 13.7 Å². The Kier molecular flexibility index (Phi) is 7.87. The van der Waals surface area contributed by atoms with Gasteiger partial charge < -0.3 is 20.1 Å². The van der Waals surface area contributed by atoms with E-state index in [4.69, 9.17) is 9.47 Å². The van der Waals surface area contributed by atoms with Crippen LogP contribution in [-0.2, 0) is 16.1 Å². The van der Waals surface area contributed by atoms with Crippen LogP contribution in [0.4, 0.5) is 4.79 Å². The Morgan fingerprint density at radius 2 is 1.71 bits per heavy atom. The molecular formula is C22H34N2O4. The minimum absolute atomic E-state index is 0.151. The molecule has 1 aliphatic rings. The molecule has 1 aromatic rings. The maximum Gasteiger partial charge on any atom is 0.408 e. The van der Waals surface area contributed by atoms with E-state index in [1.54, 1.807) is 13.2 Å². The van der Waals surface area contributed by atoms with Crippen LogP contribution in [0.3, 0.4) is 0 Å². The highest BCUT2D eigenvalue weighted by atomic mass is 16.6. The van der Waals surface area contributed by atoms with Gasteiger partial charge in [-0.15, -0.1) is 0 Å². The minimum atomic E-state index is -0.557. The van der Waals surface area contributed by atoms with Crippen LogP contribution in [0.5, 0.6) is 0 Å². The summed E-state index contributed by atoms with van der Waals surface area (Å²) in [5.74, 6) is -0.151. The lowest BCUT2D eigenvalue weighted by molar-refractivity contribution is 0.0437. The van der Waals surface area contributed by atoms with Gasteiger partial charge >= 0.3 is 6.09 Å². The van der Waals surface area contributed by atoms with Crippen molar-refractivity contribution in [3.8, 4) is 0 Å². The first-order chi connectivity index (χ1) is 13.2. The molecule has 0 heterocycles. The van der Waals surface area contributed by atoms with E-state index >= 15 is 0 Å². The van der Waals surface area contributed by atoms with Crippen LogP contribution in [0, 0.1) is 0 Å². The fourth-order valence-corrected chi connectivity index (χ4v) is 3.64. The van der Waals surface area contributed by atoms with Crippen LogP contribution >= 0.6 is 0 Å². The van der Waals surface area contributed by atoms with Gasteiger partial charge in [0.2, 0.25) is 0 Å². The van der Waals surface area contributed by atoms with Crippen molar-refractivity contribution in [2.24, 2.45) is 0 Å². The fraction of sp³-hybridized carbons (Fsp3) is 0.636. The Bertz CT molecular complexity index is 659. The zero-order valence-corrected chi connectivity index (χ0v) is 17.6. The lowest BCUT2D eigenvalue weighted by atomic mass is 9.90. The number of alkyl carbamates (subject to hydrolysis) is 1. The zero-order valence-electron chi connectivity index (χ0n) is 17.6. The van der Waals surface area contributed by atoms with Crippen LogP contribution in [0.25, 0.3) is 0 Å². The highest BCUT2D eigenvalue weighted by Crippen LogP contribution is 2.27. The van der Waals surface area contributed by atoms with Crippen molar-refractivity contribution >= 4 is 12.0 Å². The number of carbonyl (C=O) groups excluding carboxylic acids is 2. The second-order valence-corrected chi connectivity index (χ2v) is 8.59. The zero-order chi connectivity index (χ0) is 20.6. The molecule has 0 saturated heterocycles. The Labute approximate surface area is 168 Å². The summed E-state index contributed by atoms with van der Waals surface area (Å²) in [6, 6.07) is 7.42. The third-order valence-corrected chi connectivity index (χ3v) is 4.98. The Morgan fingerprint density at radius 3 is 2.32 bits per heavy atom. The van der Waals surface area contributed by atoms with E-state index in [0.29, 0.717) is 18.7 Å². The molecule has 0 spiro atoms. The lowest BCUT2D eigenvalue weighted by Gasteiger charge is -2.35. The number of ether oxygens (including phenoxy) is 2. The number of rotatable bonds is 6. The molecule has 0 radical (unpaired) electrons. The summed E-state index contributed by atoms with van der Waals surface area (Å²) in [5, 5.41) is 6.11. The largest absolute Gasteiger partial charge is 0.444 e. The van der Waals surface area contributed by atoms with E-state index in [0.717, 1.165) is 44.1 Å². The molecule has 2 rings (SSSR count). The second kappa shape index (κ2) is 9.92. The normalized spacial score (nSPS) is 16.7. The van der Waals surface area contributed by atoms with Crippen molar-refractivity contribution in [1.29, 1.82) is 0 Å². The van der Waals surface area contributed by atoms with Gasteiger partial charge in [-0.3, -0.25) is 4.79 Å². The number of benzene rings is 1. The van der Waals surface area contributed by atoms with Gasteiger partial charge in [0.1, 0.15) is 5.60 Å². The molecule has 1 saturated carbocycles. The highest BCUT2D eigenvalue weighted by molar-refractivity contribution is 5.95. The maximum atomic E-state index is 12.8. The van der Waals surface area contributed by atoms with Gasteiger partial charge in [0.25, 0.3) is 5.91 Å². The third kappa shape index (κ3) is 6.82. The summed E-state index contributed by atoms with van der Waals surface area (Å²) in [6.07, 6.45) is 5.55. The second-order valence-electron chi connectivity index (χ2n) is 8.59. The number of hydrogen-bond donors (Lipinski definition) is 2. The molecule has 0 atom stereocenters. The summed E-state index contributed by atoms with van der Waals surface area (Å²) in [4.78, 5) is 25.3. The maximum absolute atomic E-state index is 12.8. The number of amides is 2. The smallest absolute Gasteiger partial charge is 0.408 e. The van der Waals surface area contributed by atoms with Crippen molar-refractivity contribution in [2.45, 2.75) is 77.0 Å². The van der Waals surface area contributed by atoms with Gasteiger partial charge in [0.05, 0.1) is 12.1 Å². The van der Waals surface area contributed by atoms with Gasteiger partial charge in [-0.2, -0.15) is 0 Å². The Hall–Kier alpha value is -2.08. The molecule has 156 valence electrons. The molecule has 1 fully saturated rings. The van der Waals surface area contributed by atoms with Crippen LogP contribution in [0.15, 0.2) is 24.3 Å². The van der Waals surface area contributed by atoms with Crippen LogP contribution < -0.4 is 10.6 Å². The topological polar surface area (TPSA) is 76.7 Å². The van der Waals surface area contributed by atoms with Crippen LogP contribution in [0.2, 0.25) is 0 Å². The lowest BCUT2D eigenvalue weighted by Crippen LogP contribution is -2.56. The van der Waals surface area contributed by atoms with E-state index < -0.39 is 17.2 Å². The van der Waals surface area contributed by atoms with E-state index in [9.17, 15) is 9.59 Å². The molecule has 28 heavy (non-hydrogen) atoms. The van der Waals surface area contributed by atoms with Crippen molar-refractivity contribution in [3.63, 3.8) is 0 Å². The average Bonchev–Trinajstić information content (AvgIpc) is 2.85. The van der Waals surface area contributed by atoms with Gasteiger partial charge in [-0.25, -0.2) is 4.79 Å². The van der Waals surface area contributed by atoms with Crippen molar-refractivity contribution in [3.05, 3.63) is 35.4 Å². The van der Waals surface area contributed by atoms with Crippen LogP contribution in [0.1, 0.15) is 75.2 Å². The SMILES string of the molecule is COCc1ccccc1C(=O)NCC1(NC(=O)OC(C)(C)C)CCCCCC1. The summed E-state index contributed by atoms with van der Waals surface area (Å²) in [5.41, 5.74) is 0.408. The number of methoxy groups -OCH3 is 1. The molecule has 0 aromatic heterocycles. The molecule has 6 heteroatoms. The molecule has 0 unspecified atom stereocenters. The molecule has 2 N–H and O–H groups in total. The summed E-state index contributed by atoms with van der Waals surface area (Å²) < 4.78 is 10.7. The van der Waals surface area contributed by atoms with Gasteiger partial charge in [-0.05, 0) is 45.2 Å². The Morgan fingerprint density at radius 1 is 1.07 bits per heavy atom. The first-order valence-corrected chi connectivity index (χ1v) is 10.1. The molecule has 1 aromatic carbocycles. The quantitative estimate of drug-likeness (QED) is 0.715. The first-order valence-electron chi connectivity index (χ1n) is 10.1. The molecule has 6 nitrogen and oxygen atoms in total. The van der Waals surface area contributed by atoms with E-state index in [2.05, 4.69) is 10.6 Å². The van der Waals surface area contributed by atoms with E-state index in [1.165, 1.54) is 0 Å². The van der Waals surface area contributed by atoms with E-state index in [-0.39, 0.29) is 5.91 Å².